The number of nitrogens with zero attached hydrogens (tertiary/aromatic N) is 5. The molecule has 0 radical (unpaired) electrons. The van der Waals surface area contributed by atoms with Gasteiger partial charge < -0.3 is 14.4 Å². The van der Waals surface area contributed by atoms with E-state index in [0.717, 1.165) is 15.6 Å². The van der Waals surface area contributed by atoms with Gasteiger partial charge in [-0.15, -0.1) is 0 Å². The normalized spacial score (nSPS) is 16.9. The van der Waals surface area contributed by atoms with Crippen LogP contribution in [0.1, 0.15) is 22.0 Å². The Balaban J connectivity index is 1.10. The molecule has 5 rings (SSSR count). The fraction of sp³-hybridized carbons (Fsp3) is 0.259. The van der Waals surface area contributed by atoms with Crippen molar-refractivity contribution in [3.8, 4) is 11.4 Å². The molecule has 9 nitrogen and oxygen atoms in total. The zero-order valence-electron chi connectivity index (χ0n) is 22.8. The second-order valence-corrected chi connectivity index (χ2v) is 16.5. The Kier molecular flexibility index (Phi) is 11.0. The van der Waals surface area contributed by atoms with E-state index in [1.807, 2.05) is 36.2 Å². The van der Waals surface area contributed by atoms with Crippen LogP contribution in [0.5, 0.6) is 0 Å². The highest BCUT2D eigenvalue weighted by Gasteiger charge is 2.38. The lowest BCUT2D eigenvalue weighted by molar-refractivity contribution is -0.122. The molecule has 2 aliphatic rings. The topological polar surface area (TPSA) is 97.8 Å². The summed E-state index contributed by atoms with van der Waals surface area (Å²) in [5, 5.41) is 0.852. The molecule has 3 heterocycles. The molecule has 1 amide bonds. The number of carbonyl (C=O) groups is 2. The van der Waals surface area contributed by atoms with E-state index in [1.54, 1.807) is 23.9 Å². The van der Waals surface area contributed by atoms with E-state index < -0.39 is 13.6 Å². The van der Waals surface area contributed by atoms with Crippen LogP contribution in [0.15, 0.2) is 63.4 Å². The van der Waals surface area contributed by atoms with Gasteiger partial charge in [-0.1, -0.05) is 130 Å². The summed E-state index contributed by atoms with van der Waals surface area (Å²) >= 11 is 43.9. The highest BCUT2D eigenvalue weighted by Crippen LogP contribution is 2.49. The largest absolute Gasteiger partial charge is 0.460 e. The summed E-state index contributed by atoms with van der Waals surface area (Å²) in [7, 11) is 1.93. The molecule has 0 aliphatic carbocycles. The molecule has 0 bridgehead atoms. The van der Waals surface area contributed by atoms with E-state index in [2.05, 4.69) is 15.0 Å². The number of benzene rings is 2. The highest BCUT2D eigenvalue weighted by molar-refractivity contribution is 8.27. The van der Waals surface area contributed by atoms with Gasteiger partial charge in [-0.2, -0.15) is 0 Å². The van der Waals surface area contributed by atoms with Crippen molar-refractivity contribution in [2.75, 3.05) is 38.3 Å². The number of carbonyl (C=O) groups excluding carboxylic acids is 2. The average molecular weight is 786 g/mol. The first kappa shape index (κ1) is 34.7. The SMILES string of the molecule is CN1/C(=C2/SC(=S)N(CCOCCOC(=O)c3ccc(-c4nc(C(Cl)(Cl)Cl)nc(C(Cl)(Cl)Cl)n4)cc3)C2=O)Sc2ccccc21. The Morgan fingerprint density at radius 2 is 1.53 bits per heavy atom. The van der Waals surface area contributed by atoms with E-state index in [-0.39, 0.29) is 55.3 Å². The third kappa shape index (κ3) is 8.11. The predicted octanol–water partition coefficient (Wildman–Crippen LogP) is 7.64. The lowest BCUT2D eigenvalue weighted by Crippen LogP contribution is -2.32. The molecule has 0 atom stereocenters. The Morgan fingerprint density at radius 1 is 0.889 bits per heavy atom. The molecular weight excluding hydrogens is 767 g/mol. The number of rotatable bonds is 8. The first-order valence-electron chi connectivity index (χ1n) is 12.8. The average Bonchev–Trinajstić information content (AvgIpc) is 3.48. The van der Waals surface area contributed by atoms with Gasteiger partial charge in [-0.05, 0) is 24.3 Å². The molecule has 236 valence electrons. The molecule has 1 saturated heterocycles. The van der Waals surface area contributed by atoms with Crippen molar-refractivity contribution in [1.82, 2.24) is 19.9 Å². The molecule has 1 aromatic heterocycles. The standard InChI is InChI=1S/C27H19Cl6N5O4S3/c1-37-16-4-2-3-5-17(16)44-21(37)18-20(39)38(25(43)45-18)10-11-41-12-13-42-22(40)15-8-6-14(7-9-15)19-34-23(26(28,29)30)36-24(35-19)27(31,32)33/h2-9H,10-13H2,1H3/b21-18-. The zero-order valence-corrected chi connectivity index (χ0v) is 29.8. The van der Waals surface area contributed by atoms with Crippen LogP contribution in [0.2, 0.25) is 0 Å². The van der Waals surface area contributed by atoms with Gasteiger partial charge in [0.25, 0.3) is 5.91 Å². The van der Waals surface area contributed by atoms with Crippen molar-refractivity contribution in [3.63, 3.8) is 0 Å². The van der Waals surface area contributed by atoms with E-state index in [4.69, 9.17) is 91.3 Å². The van der Waals surface area contributed by atoms with Gasteiger partial charge in [0, 0.05) is 17.5 Å². The van der Waals surface area contributed by atoms with Crippen LogP contribution in [-0.2, 0) is 21.9 Å². The van der Waals surface area contributed by atoms with Crippen LogP contribution < -0.4 is 4.90 Å². The van der Waals surface area contributed by atoms with Gasteiger partial charge in [0.1, 0.15) is 15.8 Å². The number of thioether (sulfide) groups is 2. The fourth-order valence-electron chi connectivity index (χ4n) is 4.07. The molecule has 18 heteroatoms. The van der Waals surface area contributed by atoms with Gasteiger partial charge in [-0.25, -0.2) is 19.7 Å². The molecule has 3 aromatic rings. The summed E-state index contributed by atoms with van der Waals surface area (Å²) in [6.07, 6.45) is 0. The third-order valence-corrected chi connectivity index (χ3v) is 10.0. The number of thiocarbonyl (C=S) groups is 1. The lowest BCUT2D eigenvalue weighted by atomic mass is 10.1. The highest BCUT2D eigenvalue weighted by atomic mass is 35.6. The Morgan fingerprint density at radius 3 is 2.16 bits per heavy atom. The van der Waals surface area contributed by atoms with Crippen LogP contribution in [0.4, 0.5) is 5.69 Å². The smallest absolute Gasteiger partial charge is 0.338 e. The van der Waals surface area contributed by atoms with E-state index in [0.29, 0.717) is 14.8 Å². The number of hydrogen-bond donors (Lipinski definition) is 0. The van der Waals surface area contributed by atoms with Gasteiger partial charge in [0.15, 0.2) is 17.5 Å². The number of esters is 1. The minimum absolute atomic E-state index is 0.00456. The maximum atomic E-state index is 13.1. The van der Waals surface area contributed by atoms with Gasteiger partial charge >= 0.3 is 5.97 Å². The van der Waals surface area contributed by atoms with E-state index >= 15 is 0 Å². The molecule has 45 heavy (non-hydrogen) atoms. The van der Waals surface area contributed by atoms with Gasteiger partial charge in [-0.3, -0.25) is 9.69 Å². The van der Waals surface area contributed by atoms with Crippen molar-refractivity contribution in [2.24, 2.45) is 0 Å². The number of alkyl halides is 6. The van der Waals surface area contributed by atoms with Crippen molar-refractivity contribution in [2.45, 2.75) is 12.5 Å². The summed E-state index contributed by atoms with van der Waals surface area (Å²) in [5.41, 5.74) is 1.75. The zero-order chi connectivity index (χ0) is 32.5. The predicted molar refractivity (Wildman–Crippen MR) is 184 cm³/mol. The molecule has 0 N–H and O–H groups in total. The summed E-state index contributed by atoms with van der Waals surface area (Å²) in [5.74, 6) is -1.14. The summed E-state index contributed by atoms with van der Waals surface area (Å²) in [4.78, 5) is 43.1. The number of para-hydroxylation sites is 1. The maximum Gasteiger partial charge on any atom is 0.338 e. The molecule has 2 aliphatic heterocycles. The monoisotopic (exact) mass is 783 g/mol. The van der Waals surface area contributed by atoms with Crippen molar-refractivity contribution >= 4 is 127 Å². The quantitative estimate of drug-likeness (QED) is 0.0742. The van der Waals surface area contributed by atoms with Crippen LogP contribution in [0.25, 0.3) is 11.4 Å². The summed E-state index contributed by atoms with van der Waals surface area (Å²) < 4.78 is 7.39. The second-order valence-electron chi connectivity index (χ2n) is 9.22. The van der Waals surface area contributed by atoms with Crippen LogP contribution >= 0.6 is 105 Å². The van der Waals surface area contributed by atoms with E-state index in [1.165, 1.54) is 28.8 Å². The van der Waals surface area contributed by atoms with Gasteiger partial charge in [0.05, 0.1) is 36.0 Å². The first-order valence-corrected chi connectivity index (χ1v) is 17.1. The number of amides is 1. The second kappa shape index (κ2) is 14.3. The summed E-state index contributed by atoms with van der Waals surface area (Å²) in [6, 6.07) is 14.1. The molecular formula is C27H19Cl6N5O4S3. The van der Waals surface area contributed by atoms with Crippen molar-refractivity contribution in [1.29, 1.82) is 0 Å². The van der Waals surface area contributed by atoms with Crippen molar-refractivity contribution < 1.29 is 19.1 Å². The molecule has 2 aromatic carbocycles. The lowest BCUT2D eigenvalue weighted by Gasteiger charge is -2.16. The van der Waals surface area contributed by atoms with Crippen LogP contribution in [-0.4, -0.2) is 69.5 Å². The van der Waals surface area contributed by atoms with Crippen LogP contribution in [0.3, 0.4) is 0 Å². The van der Waals surface area contributed by atoms with E-state index in [9.17, 15) is 9.59 Å². The number of ether oxygens (including phenoxy) is 2. The summed E-state index contributed by atoms with van der Waals surface area (Å²) in [6.45, 7) is 0.603. The van der Waals surface area contributed by atoms with Crippen LogP contribution in [0, 0.1) is 0 Å². The Bertz CT molecular complexity index is 1650. The number of fused-ring (bicyclic) bond motifs is 1. The van der Waals surface area contributed by atoms with Crippen molar-refractivity contribution in [3.05, 3.63) is 75.7 Å². The Labute approximate surface area is 301 Å². The molecule has 0 saturated carbocycles. The fourth-order valence-corrected chi connectivity index (χ4v) is 7.21. The maximum absolute atomic E-state index is 13.1. The number of aromatic nitrogens is 3. The first-order chi connectivity index (χ1) is 21.2. The molecule has 0 spiro atoms. The third-order valence-electron chi connectivity index (χ3n) is 6.22. The minimum Gasteiger partial charge on any atom is -0.460 e. The number of hydrogen-bond acceptors (Lipinski definition) is 11. The molecule has 1 fully saturated rings. The Hall–Kier alpha value is -1.58. The molecule has 0 unspecified atom stereocenters. The number of anilines is 1. The number of halogens is 6. The minimum atomic E-state index is -2.00. The van der Waals surface area contributed by atoms with Gasteiger partial charge in [0.2, 0.25) is 7.59 Å².